The molecule has 5 aliphatic rings. The lowest BCUT2D eigenvalue weighted by atomic mass is 9.85. The summed E-state index contributed by atoms with van der Waals surface area (Å²) in [6, 6.07) is 0. The van der Waals surface area contributed by atoms with E-state index in [1.807, 2.05) is 20.8 Å². The van der Waals surface area contributed by atoms with Crippen molar-refractivity contribution < 1.29 is 14.2 Å². The summed E-state index contributed by atoms with van der Waals surface area (Å²) in [5.41, 5.74) is 7.56. The number of anilines is 2. The largest absolute Gasteiger partial charge is 0.383 e. The first-order valence-corrected chi connectivity index (χ1v) is 12.6. The van der Waals surface area contributed by atoms with Gasteiger partial charge in [0.05, 0.1) is 0 Å². The van der Waals surface area contributed by atoms with E-state index in [-0.39, 0.29) is 24.5 Å². The molecule has 0 bridgehead atoms. The highest BCUT2D eigenvalue weighted by Crippen LogP contribution is 2.45. The number of ether oxygens (including phenoxy) is 3. The fourth-order valence-electron chi connectivity index (χ4n) is 6.82. The van der Waals surface area contributed by atoms with E-state index in [2.05, 4.69) is 26.7 Å². The third kappa shape index (κ3) is 3.63. The Morgan fingerprint density at radius 2 is 1.79 bits per heavy atom. The van der Waals surface area contributed by atoms with E-state index in [1.165, 1.54) is 38.8 Å². The molecule has 1 aromatic rings. The lowest BCUT2D eigenvalue weighted by Crippen LogP contribution is -2.54. The second kappa shape index (κ2) is 7.75. The first-order valence-electron chi connectivity index (χ1n) is 12.6. The van der Waals surface area contributed by atoms with E-state index in [9.17, 15) is 0 Å². The molecule has 4 atom stereocenters. The summed E-state index contributed by atoms with van der Waals surface area (Å²) in [5, 5.41) is 0. The van der Waals surface area contributed by atoms with Crippen LogP contribution in [0.4, 0.5) is 11.6 Å². The molecular formula is C24H38N6O3. The van der Waals surface area contributed by atoms with Crippen molar-refractivity contribution in [1.82, 2.24) is 19.8 Å². The van der Waals surface area contributed by atoms with Crippen LogP contribution in [0.2, 0.25) is 0 Å². The Morgan fingerprint density at radius 1 is 1.03 bits per heavy atom. The van der Waals surface area contributed by atoms with Crippen molar-refractivity contribution in [1.29, 1.82) is 0 Å². The van der Waals surface area contributed by atoms with Crippen LogP contribution in [0.25, 0.3) is 0 Å². The first-order chi connectivity index (χ1) is 15.7. The van der Waals surface area contributed by atoms with Gasteiger partial charge in [-0.05, 0) is 79.6 Å². The Labute approximate surface area is 196 Å². The summed E-state index contributed by atoms with van der Waals surface area (Å²) in [6.45, 7) is 11.1. The maximum atomic E-state index is 6.78. The van der Waals surface area contributed by atoms with Gasteiger partial charge >= 0.3 is 0 Å². The lowest BCUT2D eigenvalue weighted by Gasteiger charge is -2.45. The minimum Gasteiger partial charge on any atom is -0.383 e. The smallest absolute Gasteiger partial charge is 0.164 e. The highest BCUT2D eigenvalue weighted by Gasteiger charge is 2.58. The molecule has 33 heavy (non-hydrogen) atoms. The molecule has 0 aliphatic carbocycles. The Kier molecular flexibility index (Phi) is 5.16. The van der Waals surface area contributed by atoms with E-state index in [0.29, 0.717) is 17.2 Å². The van der Waals surface area contributed by atoms with Gasteiger partial charge in [-0.3, -0.25) is 4.90 Å². The molecule has 6 rings (SSSR count). The van der Waals surface area contributed by atoms with E-state index in [1.54, 1.807) is 0 Å². The fraction of sp³-hybridized carbons (Fsp3) is 0.833. The molecule has 6 heterocycles. The number of piperidine rings is 1. The number of aryl methyl sites for hydroxylation is 1. The molecule has 9 heteroatoms. The summed E-state index contributed by atoms with van der Waals surface area (Å²) >= 11 is 0. The zero-order valence-electron chi connectivity index (χ0n) is 20.4. The number of hydrogen-bond acceptors (Lipinski definition) is 9. The molecule has 2 N–H and O–H groups in total. The minimum absolute atomic E-state index is 0.0271. The first kappa shape index (κ1) is 22.0. The Hall–Kier alpha value is -1.52. The Bertz CT molecular complexity index is 918. The van der Waals surface area contributed by atoms with Crippen LogP contribution in [0.1, 0.15) is 50.9 Å². The Morgan fingerprint density at radius 3 is 2.58 bits per heavy atom. The zero-order chi connectivity index (χ0) is 23.0. The Balaban J connectivity index is 1.26. The van der Waals surface area contributed by atoms with Gasteiger partial charge in [0.1, 0.15) is 35.8 Å². The van der Waals surface area contributed by atoms with Crippen LogP contribution in [0.5, 0.6) is 0 Å². The molecule has 1 spiro atoms. The minimum atomic E-state index is -0.616. The van der Waals surface area contributed by atoms with Gasteiger partial charge < -0.3 is 29.7 Å². The van der Waals surface area contributed by atoms with Crippen LogP contribution >= 0.6 is 0 Å². The van der Waals surface area contributed by atoms with Crippen molar-refractivity contribution in [3.05, 3.63) is 11.4 Å². The second-order valence-electron chi connectivity index (χ2n) is 11.1. The molecule has 0 saturated carbocycles. The number of nitrogen functional groups attached to an aromatic ring is 1. The number of rotatable bonds is 3. The second-order valence-corrected chi connectivity index (χ2v) is 11.1. The van der Waals surface area contributed by atoms with Gasteiger partial charge in [0.2, 0.25) is 0 Å². The number of aromatic nitrogens is 2. The molecule has 5 aliphatic heterocycles. The third-order valence-electron chi connectivity index (χ3n) is 8.50. The van der Waals surface area contributed by atoms with Crippen molar-refractivity contribution in [2.45, 2.75) is 88.7 Å². The van der Waals surface area contributed by atoms with Crippen LogP contribution in [0.3, 0.4) is 0 Å². The van der Waals surface area contributed by atoms with Crippen molar-refractivity contribution in [2.24, 2.45) is 0 Å². The van der Waals surface area contributed by atoms with Crippen LogP contribution < -0.4 is 10.6 Å². The molecule has 4 saturated heterocycles. The SMILES string of the molecule is Cc1nc(N)c2c(n1)N([C@@H]1O[C@H](CN3CCCC34CCN(C)CC4)[C@H]3OC(C)(C)O[C@H]31)CC2. The van der Waals surface area contributed by atoms with Gasteiger partial charge in [-0.15, -0.1) is 0 Å². The van der Waals surface area contributed by atoms with Crippen LogP contribution in [0, 0.1) is 6.92 Å². The van der Waals surface area contributed by atoms with Gasteiger partial charge in [-0.1, -0.05) is 0 Å². The molecule has 0 unspecified atom stereocenters. The normalized spacial score (nSPS) is 35.5. The maximum Gasteiger partial charge on any atom is 0.164 e. The van der Waals surface area contributed by atoms with Crippen LogP contribution in [-0.4, -0.2) is 95.4 Å². The predicted octanol–water partition coefficient (Wildman–Crippen LogP) is 1.53. The van der Waals surface area contributed by atoms with Gasteiger partial charge in [-0.2, -0.15) is 0 Å². The van der Waals surface area contributed by atoms with E-state index in [4.69, 9.17) is 24.9 Å². The highest BCUT2D eigenvalue weighted by atomic mass is 16.8. The summed E-state index contributed by atoms with van der Waals surface area (Å²) in [6.07, 6.45) is 5.39. The molecule has 0 aromatic carbocycles. The summed E-state index contributed by atoms with van der Waals surface area (Å²) in [5.74, 6) is 1.55. The molecule has 0 amide bonds. The zero-order valence-corrected chi connectivity index (χ0v) is 20.4. The van der Waals surface area contributed by atoms with Crippen LogP contribution in [-0.2, 0) is 20.6 Å². The van der Waals surface area contributed by atoms with Crippen molar-refractivity contribution in [3.8, 4) is 0 Å². The summed E-state index contributed by atoms with van der Waals surface area (Å²) in [4.78, 5) is 16.5. The van der Waals surface area contributed by atoms with Crippen LogP contribution in [0.15, 0.2) is 0 Å². The average Bonchev–Trinajstić information content (AvgIpc) is 3.48. The quantitative estimate of drug-likeness (QED) is 0.724. The number of nitrogens with zero attached hydrogens (tertiary/aromatic N) is 5. The number of nitrogens with two attached hydrogens (primary N) is 1. The fourth-order valence-corrected chi connectivity index (χ4v) is 6.82. The molecular weight excluding hydrogens is 420 g/mol. The highest BCUT2D eigenvalue weighted by molar-refractivity contribution is 5.61. The summed E-state index contributed by atoms with van der Waals surface area (Å²) in [7, 11) is 2.24. The standard InChI is InChI=1S/C24H38N6O3/c1-15-26-20(25)16-6-11-30(21(16)27-15)22-19-18(32-23(2,3)33-19)17(31-22)14-29-10-5-7-24(29)8-12-28(4)13-9-24/h17-19,22H,5-14H2,1-4H3,(H2,25,26,27)/t17-,18-,19-,22-/m1/s1. The molecule has 4 fully saturated rings. The predicted molar refractivity (Wildman–Crippen MR) is 125 cm³/mol. The number of hydrogen-bond donors (Lipinski definition) is 1. The maximum absolute atomic E-state index is 6.78. The average molecular weight is 459 g/mol. The van der Waals surface area contributed by atoms with Gasteiger partial charge in [0, 0.05) is 24.2 Å². The topological polar surface area (TPSA) is 89.2 Å². The van der Waals surface area contributed by atoms with E-state index < -0.39 is 5.79 Å². The molecule has 182 valence electrons. The van der Waals surface area contributed by atoms with Crippen molar-refractivity contribution >= 4 is 11.6 Å². The van der Waals surface area contributed by atoms with Crippen molar-refractivity contribution in [3.63, 3.8) is 0 Å². The van der Waals surface area contributed by atoms with Crippen molar-refractivity contribution in [2.75, 3.05) is 50.4 Å². The molecule has 1 aromatic heterocycles. The van der Waals surface area contributed by atoms with E-state index in [0.717, 1.165) is 37.4 Å². The third-order valence-corrected chi connectivity index (χ3v) is 8.50. The molecule has 0 radical (unpaired) electrons. The van der Waals surface area contributed by atoms with Gasteiger partial charge in [-0.25, -0.2) is 9.97 Å². The lowest BCUT2D eigenvalue weighted by molar-refractivity contribution is -0.189. The van der Waals surface area contributed by atoms with Gasteiger partial charge in [0.25, 0.3) is 0 Å². The molecule has 9 nitrogen and oxygen atoms in total. The number of likely N-dealkylation sites (tertiary alicyclic amines) is 2. The van der Waals surface area contributed by atoms with Gasteiger partial charge in [0.15, 0.2) is 12.0 Å². The number of fused-ring (bicyclic) bond motifs is 2. The van der Waals surface area contributed by atoms with E-state index >= 15 is 0 Å². The summed E-state index contributed by atoms with van der Waals surface area (Å²) < 4.78 is 19.7. The monoisotopic (exact) mass is 458 g/mol.